The zero-order chi connectivity index (χ0) is 13.8. The number of rotatable bonds is 7. The van der Waals surface area contributed by atoms with E-state index in [1.807, 2.05) is 0 Å². The molecule has 6 heteroatoms. The quantitative estimate of drug-likeness (QED) is 0.554. The summed E-state index contributed by atoms with van der Waals surface area (Å²) in [6.45, 7) is 7.28. The van der Waals surface area contributed by atoms with Gasteiger partial charge in [-0.25, -0.2) is 0 Å². The molecule has 18 heavy (non-hydrogen) atoms. The Hall–Kier alpha value is -1.14. The molecule has 0 bridgehead atoms. The van der Waals surface area contributed by atoms with Crippen molar-refractivity contribution in [2.24, 2.45) is 5.41 Å². The van der Waals surface area contributed by atoms with E-state index < -0.39 is 15.5 Å². The van der Waals surface area contributed by atoms with E-state index in [1.54, 1.807) is 12.2 Å². The molecule has 0 aromatic carbocycles. The van der Waals surface area contributed by atoms with Gasteiger partial charge in [-0.2, -0.15) is 8.42 Å². The second-order valence-corrected chi connectivity index (χ2v) is 6.27. The number of nitrogens with one attached hydrogen (secondary N) is 1. The van der Waals surface area contributed by atoms with Gasteiger partial charge in [0, 0.05) is 0 Å². The monoisotopic (exact) mass is 273 g/mol. The molecule has 1 amide bonds. The van der Waals surface area contributed by atoms with E-state index in [4.69, 9.17) is 4.18 Å². The maximum Gasteiger partial charge on any atom is 0.264 e. The second-order valence-electron chi connectivity index (χ2n) is 4.63. The SMILES string of the molecule is C=CCC1(CC=C)C[C@@H](COS(C)(=O)=O)NC1=O. The van der Waals surface area contributed by atoms with Crippen molar-refractivity contribution in [3.8, 4) is 0 Å². The van der Waals surface area contributed by atoms with Crippen molar-refractivity contribution < 1.29 is 17.4 Å². The van der Waals surface area contributed by atoms with E-state index in [-0.39, 0.29) is 18.6 Å². The van der Waals surface area contributed by atoms with Gasteiger partial charge in [0.1, 0.15) is 0 Å². The predicted octanol–water partition coefficient (Wildman–Crippen LogP) is 0.990. The molecule has 1 fully saturated rings. The Labute approximate surface area is 108 Å². The highest BCUT2D eigenvalue weighted by Crippen LogP contribution is 2.38. The van der Waals surface area contributed by atoms with Gasteiger partial charge in [-0.3, -0.25) is 8.98 Å². The Morgan fingerprint density at radius 3 is 2.44 bits per heavy atom. The third-order valence-corrected chi connectivity index (χ3v) is 3.57. The first-order valence-corrected chi connectivity index (χ1v) is 7.52. The molecule has 0 saturated carbocycles. The van der Waals surface area contributed by atoms with Crippen LogP contribution in [0.15, 0.2) is 25.3 Å². The first kappa shape index (κ1) is 14.9. The number of carbonyl (C=O) groups excluding carboxylic acids is 1. The van der Waals surface area contributed by atoms with Crippen LogP contribution in [0.2, 0.25) is 0 Å². The summed E-state index contributed by atoms with van der Waals surface area (Å²) >= 11 is 0. The fourth-order valence-electron chi connectivity index (χ4n) is 2.25. The van der Waals surface area contributed by atoms with Gasteiger partial charge in [0.25, 0.3) is 10.1 Å². The highest BCUT2D eigenvalue weighted by Gasteiger charge is 2.45. The summed E-state index contributed by atoms with van der Waals surface area (Å²) in [7, 11) is -3.48. The zero-order valence-electron chi connectivity index (χ0n) is 10.5. The Morgan fingerprint density at radius 2 is 2.00 bits per heavy atom. The largest absolute Gasteiger partial charge is 0.350 e. The van der Waals surface area contributed by atoms with Gasteiger partial charge in [-0.1, -0.05) is 12.2 Å². The van der Waals surface area contributed by atoms with Crippen molar-refractivity contribution in [2.45, 2.75) is 25.3 Å². The normalized spacial score (nSPS) is 22.5. The van der Waals surface area contributed by atoms with E-state index in [0.29, 0.717) is 19.3 Å². The highest BCUT2D eigenvalue weighted by molar-refractivity contribution is 7.85. The molecule has 0 spiro atoms. The van der Waals surface area contributed by atoms with Crippen molar-refractivity contribution in [3.63, 3.8) is 0 Å². The number of carbonyl (C=O) groups is 1. The van der Waals surface area contributed by atoms with Crippen LogP contribution in [-0.2, 0) is 19.1 Å². The van der Waals surface area contributed by atoms with E-state index in [1.165, 1.54) is 0 Å². The Balaban J connectivity index is 2.71. The molecular weight excluding hydrogens is 254 g/mol. The molecule has 0 unspecified atom stereocenters. The summed E-state index contributed by atoms with van der Waals surface area (Å²) in [5, 5.41) is 2.76. The molecule has 1 atom stereocenters. The molecule has 1 N–H and O–H groups in total. The lowest BCUT2D eigenvalue weighted by atomic mass is 9.78. The predicted molar refractivity (Wildman–Crippen MR) is 69.4 cm³/mol. The van der Waals surface area contributed by atoms with Crippen molar-refractivity contribution in [3.05, 3.63) is 25.3 Å². The van der Waals surface area contributed by atoms with Gasteiger partial charge in [0.15, 0.2) is 0 Å². The van der Waals surface area contributed by atoms with Crippen LogP contribution in [-0.4, -0.2) is 33.2 Å². The summed E-state index contributed by atoms with van der Waals surface area (Å²) in [6, 6.07) is -0.285. The molecule has 5 nitrogen and oxygen atoms in total. The number of hydrogen-bond acceptors (Lipinski definition) is 4. The van der Waals surface area contributed by atoms with Gasteiger partial charge in [-0.05, 0) is 19.3 Å². The Morgan fingerprint density at radius 1 is 1.44 bits per heavy atom. The molecule has 1 rings (SSSR count). The average molecular weight is 273 g/mol. The highest BCUT2D eigenvalue weighted by atomic mass is 32.2. The molecule has 1 heterocycles. The van der Waals surface area contributed by atoms with Crippen LogP contribution < -0.4 is 5.32 Å². The van der Waals surface area contributed by atoms with Gasteiger partial charge in [-0.15, -0.1) is 13.2 Å². The van der Waals surface area contributed by atoms with Crippen LogP contribution in [0.5, 0.6) is 0 Å². The standard InChI is InChI=1S/C12H19NO4S/c1-4-6-12(7-5-2)8-10(13-11(12)14)9-17-18(3,15)16/h4-5,10H,1-2,6-9H2,3H3,(H,13,14)/t10-/m0/s1. The Kier molecular flexibility index (Phi) is 4.70. The average Bonchev–Trinajstić information content (AvgIpc) is 2.54. The smallest absolute Gasteiger partial charge is 0.264 e. The first-order valence-electron chi connectivity index (χ1n) is 5.70. The fourth-order valence-corrected chi connectivity index (χ4v) is 2.66. The van der Waals surface area contributed by atoms with E-state index in [9.17, 15) is 13.2 Å². The minimum Gasteiger partial charge on any atom is -0.350 e. The summed E-state index contributed by atoms with van der Waals surface area (Å²) in [6.07, 6.45) is 6.00. The minimum atomic E-state index is -3.48. The molecular formula is C12H19NO4S. The Bertz CT molecular complexity index is 431. The molecule has 1 aliphatic rings. The molecule has 1 saturated heterocycles. The molecule has 0 radical (unpaired) electrons. The van der Waals surface area contributed by atoms with Crippen molar-refractivity contribution in [1.29, 1.82) is 0 Å². The lowest BCUT2D eigenvalue weighted by Crippen LogP contribution is -2.33. The van der Waals surface area contributed by atoms with Crippen LogP contribution in [0.25, 0.3) is 0 Å². The van der Waals surface area contributed by atoms with E-state index in [2.05, 4.69) is 18.5 Å². The van der Waals surface area contributed by atoms with Crippen LogP contribution in [0, 0.1) is 5.41 Å². The maximum atomic E-state index is 12.0. The number of amides is 1. The van der Waals surface area contributed by atoms with Crippen molar-refractivity contribution in [2.75, 3.05) is 12.9 Å². The topological polar surface area (TPSA) is 72.5 Å². The van der Waals surface area contributed by atoms with Gasteiger partial charge in [0.2, 0.25) is 5.91 Å². The van der Waals surface area contributed by atoms with Crippen molar-refractivity contribution >= 4 is 16.0 Å². The van der Waals surface area contributed by atoms with Gasteiger partial charge >= 0.3 is 0 Å². The summed E-state index contributed by atoms with van der Waals surface area (Å²) < 4.78 is 26.5. The van der Waals surface area contributed by atoms with Crippen LogP contribution >= 0.6 is 0 Å². The summed E-state index contributed by atoms with van der Waals surface area (Å²) in [5.41, 5.74) is -0.560. The summed E-state index contributed by atoms with van der Waals surface area (Å²) in [4.78, 5) is 12.0. The molecule has 1 aliphatic heterocycles. The molecule has 102 valence electrons. The fraction of sp³-hybridized carbons (Fsp3) is 0.583. The third-order valence-electron chi connectivity index (χ3n) is 3.01. The lowest BCUT2D eigenvalue weighted by molar-refractivity contribution is -0.127. The van der Waals surface area contributed by atoms with E-state index >= 15 is 0 Å². The number of hydrogen-bond donors (Lipinski definition) is 1. The van der Waals surface area contributed by atoms with Crippen LogP contribution in [0.4, 0.5) is 0 Å². The second kappa shape index (κ2) is 5.67. The summed E-state index contributed by atoms with van der Waals surface area (Å²) in [5.74, 6) is -0.0931. The number of allylic oxidation sites excluding steroid dienone is 2. The minimum absolute atomic E-state index is 0.0272. The zero-order valence-corrected chi connectivity index (χ0v) is 11.3. The molecule has 0 aromatic rings. The van der Waals surface area contributed by atoms with Gasteiger partial charge in [0.05, 0.1) is 24.3 Å². The van der Waals surface area contributed by atoms with Crippen LogP contribution in [0.1, 0.15) is 19.3 Å². The molecule has 0 aromatic heterocycles. The van der Waals surface area contributed by atoms with Gasteiger partial charge < -0.3 is 5.32 Å². The lowest BCUT2D eigenvalue weighted by Gasteiger charge is -2.22. The van der Waals surface area contributed by atoms with Crippen LogP contribution in [0.3, 0.4) is 0 Å². The maximum absolute atomic E-state index is 12.0. The first-order chi connectivity index (χ1) is 8.33. The molecule has 0 aliphatic carbocycles. The third kappa shape index (κ3) is 3.68. The van der Waals surface area contributed by atoms with Crippen molar-refractivity contribution in [1.82, 2.24) is 5.32 Å². The van der Waals surface area contributed by atoms with E-state index in [0.717, 1.165) is 6.26 Å².